The molecule has 0 radical (unpaired) electrons. The molecule has 0 spiro atoms. The highest BCUT2D eigenvalue weighted by Gasteiger charge is 2.39. The van der Waals surface area contributed by atoms with Gasteiger partial charge in [0.15, 0.2) is 0 Å². The molecule has 1 aromatic heterocycles. The number of hydrogen-bond acceptors (Lipinski definition) is 4. The van der Waals surface area contributed by atoms with Crippen molar-refractivity contribution >= 4 is 11.3 Å². The zero-order valence-corrected chi connectivity index (χ0v) is 13.2. The number of thiazole rings is 1. The molecule has 1 saturated carbocycles. The van der Waals surface area contributed by atoms with E-state index in [2.05, 4.69) is 36.2 Å². The SMILES string of the molecule is CC(C)C1CCCC(CN)(N(C)Cc2cscn2)C1. The minimum Gasteiger partial charge on any atom is -0.329 e. The smallest absolute Gasteiger partial charge is 0.0795 e. The third kappa shape index (κ3) is 3.36. The Labute approximate surface area is 121 Å². The van der Waals surface area contributed by atoms with Crippen LogP contribution in [-0.2, 0) is 6.54 Å². The van der Waals surface area contributed by atoms with E-state index in [0.717, 1.165) is 24.9 Å². The molecule has 1 aliphatic rings. The van der Waals surface area contributed by atoms with Gasteiger partial charge in [-0.3, -0.25) is 4.90 Å². The predicted octanol–water partition coefficient (Wildman–Crippen LogP) is 3.12. The Morgan fingerprint density at radius 1 is 1.58 bits per heavy atom. The van der Waals surface area contributed by atoms with Gasteiger partial charge in [0.25, 0.3) is 0 Å². The van der Waals surface area contributed by atoms with Crippen molar-refractivity contribution in [2.24, 2.45) is 17.6 Å². The highest BCUT2D eigenvalue weighted by Crippen LogP contribution is 2.39. The van der Waals surface area contributed by atoms with E-state index in [1.807, 2.05) is 5.51 Å². The van der Waals surface area contributed by atoms with Gasteiger partial charge in [-0.25, -0.2) is 4.98 Å². The summed E-state index contributed by atoms with van der Waals surface area (Å²) in [5.74, 6) is 1.58. The summed E-state index contributed by atoms with van der Waals surface area (Å²) < 4.78 is 0. The first-order valence-corrected chi connectivity index (χ1v) is 8.30. The number of nitrogens with two attached hydrogens (primary N) is 1. The lowest BCUT2D eigenvalue weighted by Crippen LogP contribution is -2.54. The summed E-state index contributed by atoms with van der Waals surface area (Å²) in [5, 5.41) is 2.14. The summed E-state index contributed by atoms with van der Waals surface area (Å²) in [6.45, 7) is 6.37. The fourth-order valence-electron chi connectivity index (χ4n) is 3.37. The second-order valence-electron chi connectivity index (χ2n) is 6.36. The molecule has 2 N–H and O–H groups in total. The minimum atomic E-state index is 0.177. The van der Waals surface area contributed by atoms with Gasteiger partial charge in [-0.05, 0) is 31.7 Å². The molecular weight excluding hydrogens is 254 g/mol. The maximum atomic E-state index is 6.17. The van der Waals surface area contributed by atoms with Gasteiger partial charge in [-0.2, -0.15) is 0 Å². The largest absolute Gasteiger partial charge is 0.329 e. The van der Waals surface area contributed by atoms with Crippen LogP contribution >= 0.6 is 11.3 Å². The van der Waals surface area contributed by atoms with Crippen molar-refractivity contribution < 1.29 is 0 Å². The molecule has 1 aromatic rings. The molecule has 0 bridgehead atoms. The van der Waals surface area contributed by atoms with Crippen LogP contribution in [0.15, 0.2) is 10.9 Å². The summed E-state index contributed by atoms with van der Waals surface area (Å²) in [7, 11) is 2.22. The predicted molar refractivity (Wildman–Crippen MR) is 82.2 cm³/mol. The van der Waals surface area contributed by atoms with Crippen LogP contribution in [0.25, 0.3) is 0 Å². The summed E-state index contributed by atoms with van der Waals surface area (Å²) in [4.78, 5) is 6.86. The molecule has 108 valence electrons. The Balaban J connectivity index is 2.07. The van der Waals surface area contributed by atoms with E-state index in [9.17, 15) is 0 Å². The second-order valence-corrected chi connectivity index (χ2v) is 7.08. The van der Waals surface area contributed by atoms with Gasteiger partial charge in [0.2, 0.25) is 0 Å². The second kappa shape index (κ2) is 6.33. The Morgan fingerprint density at radius 3 is 2.95 bits per heavy atom. The van der Waals surface area contributed by atoms with E-state index in [-0.39, 0.29) is 5.54 Å². The van der Waals surface area contributed by atoms with Crippen LogP contribution in [0.3, 0.4) is 0 Å². The number of aromatic nitrogens is 1. The summed E-state index contributed by atoms with van der Waals surface area (Å²) in [6.07, 6.45) is 5.14. The number of nitrogens with zero attached hydrogens (tertiary/aromatic N) is 2. The molecule has 3 nitrogen and oxygen atoms in total. The highest BCUT2D eigenvalue weighted by atomic mass is 32.1. The molecule has 0 amide bonds. The average Bonchev–Trinajstić information content (AvgIpc) is 2.91. The first-order chi connectivity index (χ1) is 9.07. The van der Waals surface area contributed by atoms with Crippen molar-refractivity contribution in [3.8, 4) is 0 Å². The summed E-state index contributed by atoms with van der Waals surface area (Å²) in [5.41, 5.74) is 9.43. The van der Waals surface area contributed by atoms with Crippen molar-refractivity contribution in [3.05, 3.63) is 16.6 Å². The van der Waals surface area contributed by atoms with Crippen molar-refractivity contribution in [1.29, 1.82) is 0 Å². The van der Waals surface area contributed by atoms with E-state index in [0.29, 0.717) is 0 Å². The highest BCUT2D eigenvalue weighted by molar-refractivity contribution is 7.07. The lowest BCUT2D eigenvalue weighted by Gasteiger charge is -2.47. The molecule has 4 heteroatoms. The van der Waals surface area contributed by atoms with Crippen molar-refractivity contribution in [2.45, 2.75) is 51.6 Å². The van der Waals surface area contributed by atoms with Gasteiger partial charge >= 0.3 is 0 Å². The number of hydrogen-bond donors (Lipinski definition) is 1. The molecule has 1 aliphatic carbocycles. The van der Waals surface area contributed by atoms with Crippen LogP contribution in [0.4, 0.5) is 0 Å². The number of likely N-dealkylation sites (N-methyl/N-ethyl adjacent to an activating group) is 1. The zero-order valence-electron chi connectivity index (χ0n) is 12.4. The van der Waals surface area contributed by atoms with Gasteiger partial charge in [-0.15, -0.1) is 11.3 Å². The standard InChI is InChI=1S/C15H27N3S/c1-12(2)13-5-4-6-15(7-13,10-16)18(3)8-14-9-19-11-17-14/h9,11-13H,4-8,10,16H2,1-3H3. The van der Waals surface area contributed by atoms with Gasteiger partial charge in [-0.1, -0.05) is 26.7 Å². The van der Waals surface area contributed by atoms with Crippen LogP contribution in [0, 0.1) is 11.8 Å². The molecule has 2 rings (SSSR count). The minimum absolute atomic E-state index is 0.177. The topological polar surface area (TPSA) is 42.1 Å². The summed E-state index contributed by atoms with van der Waals surface area (Å²) >= 11 is 1.67. The quantitative estimate of drug-likeness (QED) is 0.901. The Hall–Kier alpha value is -0.450. The van der Waals surface area contributed by atoms with Gasteiger partial charge in [0.05, 0.1) is 11.2 Å². The maximum absolute atomic E-state index is 6.17. The molecule has 2 atom stereocenters. The molecule has 2 unspecified atom stereocenters. The zero-order chi connectivity index (χ0) is 13.9. The third-order valence-electron chi connectivity index (χ3n) is 4.87. The van der Waals surface area contributed by atoms with Crippen LogP contribution in [0.5, 0.6) is 0 Å². The molecular formula is C15H27N3S. The van der Waals surface area contributed by atoms with Crippen molar-refractivity contribution in [2.75, 3.05) is 13.6 Å². The van der Waals surface area contributed by atoms with E-state index in [1.165, 1.54) is 31.4 Å². The normalized spacial score (nSPS) is 28.2. The van der Waals surface area contributed by atoms with Gasteiger partial charge < -0.3 is 5.73 Å². The van der Waals surface area contributed by atoms with E-state index < -0.39 is 0 Å². The van der Waals surface area contributed by atoms with E-state index in [4.69, 9.17) is 5.73 Å². The van der Waals surface area contributed by atoms with E-state index in [1.54, 1.807) is 11.3 Å². The lowest BCUT2D eigenvalue weighted by molar-refractivity contribution is 0.0389. The van der Waals surface area contributed by atoms with Crippen LogP contribution in [0.1, 0.15) is 45.2 Å². The van der Waals surface area contributed by atoms with Crippen LogP contribution < -0.4 is 5.73 Å². The summed E-state index contributed by atoms with van der Waals surface area (Å²) in [6, 6.07) is 0. The number of rotatable bonds is 5. The average molecular weight is 281 g/mol. The van der Waals surface area contributed by atoms with Crippen molar-refractivity contribution in [1.82, 2.24) is 9.88 Å². The van der Waals surface area contributed by atoms with Crippen LogP contribution in [-0.4, -0.2) is 29.0 Å². The molecule has 0 aromatic carbocycles. The third-order valence-corrected chi connectivity index (χ3v) is 5.51. The fourth-order valence-corrected chi connectivity index (χ4v) is 3.92. The first-order valence-electron chi connectivity index (χ1n) is 7.36. The molecule has 1 heterocycles. The Morgan fingerprint density at radius 2 is 2.37 bits per heavy atom. The maximum Gasteiger partial charge on any atom is 0.0795 e. The van der Waals surface area contributed by atoms with E-state index >= 15 is 0 Å². The van der Waals surface area contributed by atoms with Gasteiger partial charge in [0, 0.05) is 24.0 Å². The molecule has 0 aliphatic heterocycles. The lowest BCUT2D eigenvalue weighted by atomic mass is 9.71. The fraction of sp³-hybridized carbons (Fsp3) is 0.800. The first kappa shape index (κ1) is 14.9. The van der Waals surface area contributed by atoms with Crippen molar-refractivity contribution in [3.63, 3.8) is 0 Å². The van der Waals surface area contributed by atoms with Crippen LogP contribution in [0.2, 0.25) is 0 Å². The van der Waals surface area contributed by atoms with Gasteiger partial charge in [0.1, 0.15) is 0 Å². The Bertz CT molecular complexity index is 377. The molecule has 19 heavy (non-hydrogen) atoms. The monoisotopic (exact) mass is 281 g/mol. The molecule has 1 fully saturated rings. The Kier molecular flexibility index (Phi) is 4.98. The molecule has 0 saturated heterocycles.